The molecule has 1 aromatic rings. The van der Waals surface area contributed by atoms with E-state index in [4.69, 9.17) is 14.6 Å². The van der Waals surface area contributed by atoms with Crippen molar-refractivity contribution in [2.75, 3.05) is 20.2 Å². The predicted octanol–water partition coefficient (Wildman–Crippen LogP) is 2.98. The summed E-state index contributed by atoms with van der Waals surface area (Å²) in [5.74, 6) is 1.37. The van der Waals surface area contributed by atoms with Crippen molar-refractivity contribution in [3.05, 3.63) is 22.7 Å². The number of benzene rings is 1. The van der Waals surface area contributed by atoms with Crippen molar-refractivity contribution in [1.82, 2.24) is 4.90 Å². The first-order valence-corrected chi connectivity index (χ1v) is 6.87. The van der Waals surface area contributed by atoms with Gasteiger partial charge in [-0.1, -0.05) is 15.9 Å². The fourth-order valence-corrected chi connectivity index (χ4v) is 2.42. The van der Waals surface area contributed by atoms with Crippen LogP contribution in [0.3, 0.4) is 0 Å². The van der Waals surface area contributed by atoms with Gasteiger partial charge in [-0.25, -0.2) is 4.79 Å². The summed E-state index contributed by atoms with van der Waals surface area (Å²) in [5.41, 5.74) is 0. The lowest BCUT2D eigenvalue weighted by Crippen LogP contribution is -2.41. The molecule has 1 N–H and O–H groups in total. The number of nitrogens with zero attached hydrogens (tertiary/aromatic N) is 1. The Hall–Kier alpha value is -1.43. The maximum atomic E-state index is 10.8. The van der Waals surface area contributed by atoms with E-state index in [0.29, 0.717) is 37.4 Å². The van der Waals surface area contributed by atoms with Crippen LogP contribution in [0, 0.1) is 0 Å². The predicted molar refractivity (Wildman–Crippen MR) is 73.9 cm³/mol. The van der Waals surface area contributed by atoms with E-state index in [1.807, 2.05) is 18.2 Å². The molecule has 19 heavy (non-hydrogen) atoms. The Kier molecular flexibility index (Phi) is 4.52. The van der Waals surface area contributed by atoms with E-state index < -0.39 is 6.09 Å². The molecular weight excluding hydrogens is 314 g/mol. The Bertz CT molecular complexity index is 458. The smallest absolute Gasteiger partial charge is 0.407 e. The van der Waals surface area contributed by atoms with Gasteiger partial charge >= 0.3 is 6.09 Å². The molecule has 0 radical (unpaired) electrons. The number of halogens is 1. The molecule has 6 heteroatoms. The summed E-state index contributed by atoms with van der Waals surface area (Å²) in [4.78, 5) is 12.2. The molecule has 0 bridgehead atoms. The van der Waals surface area contributed by atoms with Gasteiger partial charge in [-0.3, -0.25) is 0 Å². The molecule has 104 valence electrons. The lowest BCUT2D eigenvalue weighted by Gasteiger charge is -2.30. The van der Waals surface area contributed by atoms with Crippen LogP contribution in [0.15, 0.2) is 22.7 Å². The van der Waals surface area contributed by atoms with Crippen molar-refractivity contribution in [3.8, 4) is 11.5 Å². The van der Waals surface area contributed by atoms with E-state index in [1.54, 1.807) is 7.11 Å². The molecular formula is C13H16BrNO4. The van der Waals surface area contributed by atoms with Crippen molar-refractivity contribution >= 4 is 22.0 Å². The zero-order valence-electron chi connectivity index (χ0n) is 10.6. The highest BCUT2D eigenvalue weighted by Gasteiger charge is 2.24. The lowest BCUT2D eigenvalue weighted by molar-refractivity contribution is 0.0878. The van der Waals surface area contributed by atoms with Gasteiger partial charge in [0.25, 0.3) is 0 Å². The van der Waals surface area contributed by atoms with E-state index in [9.17, 15) is 4.79 Å². The third-order valence-electron chi connectivity index (χ3n) is 3.13. The molecule has 5 nitrogen and oxygen atoms in total. The Balaban J connectivity index is 1.97. The Morgan fingerprint density at radius 2 is 2.05 bits per heavy atom. The number of hydrogen-bond donors (Lipinski definition) is 1. The average Bonchev–Trinajstić information content (AvgIpc) is 2.41. The first kappa shape index (κ1) is 14.0. The molecule has 1 heterocycles. The minimum atomic E-state index is -0.861. The number of likely N-dealkylation sites (tertiary alicyclic amines) is 1. The van der Waals surface area contributed by atoms with Crippen LogP contribution in [0.1, 0.15) is 12.8 Å². The van der Waals surface area contributed by atoms with Crippen LogP contribution in [0.25, 0.3) is 0 Å². The normalized spacial score (nSPS) is 16.2. The monoisotopic (exact) mass is 329 g/mol. The summed E-state index contributed by atoms with van der Waals surface area (Å²) in [6.45, 7) is 1.03. The summed E-state index contributed by atoms with van der Waals surface area (Å²) in [6.07, 6.45) is 0.571. The molecule has 1 amide bonds. The summed E-state index contributed by atoms with van der Waals surface area (Å²) >= 11 is 3.38. The molecule has 0 atom stereocenters. The van der Waals surface area contributed by atoms with Gasteiger partial charge in [-0.2, -0.15) is 0 Å². The third kappa shape index (κ3) is 3.53. The van der Waals surface area contributed by atoms with Gasteiger partial charge in [0.15, 0.2) is 11.5 Å². The lowest BCUT2D eigenvalue weighted by atomic mass is 10.1. The quantitative estimate of drug-likeness (QED) is 0.926. The molecule has 0 aromatic heterocycles. The van der Waals surface area contributed by atoms with Gasteiger partial charge in [0.1, 0.15) is 6.10 Å². The van der Waals surface area contributed by atoms with E-state index >= 15 is 0 Å². The molecule has 0 saturated carbocycles. The van der Waals surface area contributed by atoms with Crippen molar-refractivity contribution in [1.29, 1.82) is 0 Å². The van der Waals surface area contributed by atoms with Crippen LogP contribution in [-0.4, -0.2) is 42.4 Å². The van der Waals surface area contributed by atoms with Crippen LogP contribution >= 0.6 is 15.9 Å². The number of amides is 1. The number of piperidine rings is 1. The Morgan fingerprint density at radius 1 is 1.37 bits per heavy atom. The van der Waals surface area contributed by atoms with Crippen LogP contribution in [0.5, 0.6) is 11.5 Å². The summed E-state index contributed by atoms with van der Waals surface area (Å²) < 4.78 is 12.1. The van der Waals surface area contributed by atoms with Gasteiger partial charge in [0, 0.05) is 30.4 Å². The summed E-state index contributed by atoms with van der Waals surface area (Å²) in [6, 6.07) is 5.60. The zero-order chi connectivity index (χ0) is 13.8. The highest BCUT2D eigenvalue weighted by atomic mass is 79.9. The fourth-order valence-electron chi connectivity index (χ4n) is 2.08. The first-order chi connectivity index (χ1) is 9.10. The number of methoxy groups -OCH3 is 1. The Morgan fingerprint density at radius 3 is 2.63 bits per heavy atom. The molecule has 0 aliphatic carbocycles. The minimum absolute atomic E-state index is 0.0330. The second-order valence-corrected chi connectivity index (χ2v) is 5.30. The van der Waals surface area contributed by atoms with Crippen LogP contribution in [-0.2, 0) is 0 Å². The fraction of sp³-hybridized carbons (Fsp3) is 0.462. The van der Waals surface area contributed by atoms with Crippen LogP contribution < -0.4 is 9.47 Å². The highest BCUT2D eigenvalue weighted by molar-refractivity contribution is 9.10. The van der Waals surface area contributed by atoms with Crippen molar-refractivity contribution in [3.63, 3.8) is 0 Å². The molecule has 2 rings (SSSR count). The topological polar surface area (TPSA) is 59.0 Å². The molecule has 1 aliphatic heterocycles. The number of hydrogen-bond acceptors (Lipinski definition) is 3. The minimum Gasteiger partial charge on any atom is -0.493 e. The molecule has 1 aromatic carbocycles. The van der Waals surface area contributed by atoms with E-state index in [-0.39, 0.29) is 6.10 Å². The number of carbonyl (C=O) groups is 1. The largest absolute Gasteiger partial charge is 0.493 e. The second kappa shape index (κ2) is 6.14. The van der Waals surface area contributed by atoms with E-state index in [0.717, 1.165) is 4.47 Å². The van der Waals surface area contributed by atoms with Gasteiger partial charge in [0.05, 0.1) is 7.11 Å². The highest BCUT2D eigenvalue weighted by Crippen LogP contribution is 2.32. The molecule has 1 saturated heterocycles. The van der Waals surface area contributed by atoms with Gasteiger partial charge in [0.2, 0.25) is 0 Å². The SMILES string of the molecule is COc1cc(Br)ccc1OC1CCN(C(=O)O)CC1. The number of ether oxygens (including phenoxy) is 2. The summed E-state index contributed by atoms with van der Waals surface area (Å²) in [7, 11) is 1.60. The van der Waals surface area contributed by atoms with Crippen molar-refractivity contribution in [2.24, 2.45) is 0 Å². The summed E-state index contributed by atoms with van der Waals surface area (Å²) in [5, 5.41) is 8.89. The maximum absolute atomic E-state index is 10.8. The van der Waals surface area contributed by atoms with Crippen LogP contribution in [0.4, 0.5) is 4.79 Å². The molecule has 0 unspecified atom stereocenters. The maximum Gasteiger partial charge on any atom is 0.407 e. The molecule has 1 fully saturated rings. The second-order valence-electron chi connectivity index (χ2n) is 4.38. The zero-order valence-corrected chi connectivity index (χ0v) is 12.2. The van der Waals surface area contributed by atoms with Crippen molar-refractivity contribution < 1.29 is 19.4 Å². The number of rotatable bonds is 3. The van der Waals surface area contributed by atoms with E-state index in [1.165, 1.54) is 4.90 Å². The van der Waals surface area contributed by atoms with Gasteiger partial charge < -0.3 is 19.5 Å². The number of carboxylic acid groups (broad SMARTS) is 1. The van der Waals surface area contributed by atoms with Crippen molar-refractivity contribution in [2.45, 2.75) is 18.9 Å². The first-order valence-electron chi connectivity index (χ1n) is 6.08. The Labute approximate surface area is 120 Å². The van der Waals surface area contributed by atoms with E-state index in [2.05, 4.69) is 15.9 Å². The van der Waals surface area contributed by atoms with Crippen LogP contribution in [0.2, 0.25) is 0 Å². The van der Waals surface area contributed by atoms with Gasteiger partial charge in [-0.05, 0) is 18.2 Å². The third-order valence-corrected chi connectivity index (χ3v) is 3.63. The standard InChI is InChI=1S/C13H16BrNO4/c1-18-12-8-9(14)2-3-11(12)19-10-4-6-15(7-5-10)13(16)17/h2-3,8,10H,4-7H2,1H3,(H,16,17). The van der Waals surface area contributed by atoms with Gasteiger partial charge in [-0.15, -0.1) is 0 Å². The average molecular weight is 330 g/mol. The molecule has 1 aliphatic rings. The molecule has 0 spiro atoms.